The van der Waals surface area contributed by atoms with Crippen molar-refractivity contribution in [1.29, 1.82) is 5.41 Å². The summed E-state index contributed by atoms with van der Waals surface area (Å²) in [5.41, 5.74) is 3.18. The van der Waals surface area contributed by atoms with Crippen LogP contribution in [0.2, 0.25) is 5.02 Å². The molecule has 0 bridgehead atoms. The maximum atomic E-state index is 13.7. The minimum atomic E-state index is -1.40. The standard InChI is InChI=1S/C39H49ClN8O5S/c1-25-10-8-9-19-47(25)38-46-45-36-18-14-27(24-48(36)38)53-32-17-16-31(28-11-6-7-12-29(28)32)43-37(49)44-35(23-34(41)39(2,3)4)42-26-13-15-30(40)33(22-26)51-20-21-52-54(5)50/h6-7,11-15,18,22-25,31-32,41-42H,8-10,16-17,19-21H2,1-5H3,(H2,43,44,49)/b35-23+,41-34?/t25-,31?,32+,54?/m0/s1. The topological polar surface area (TPSA) is 155 Å². The third kappa shape index (κ3) is 9.71. The smallest absolute Gasteiger partial charge is 0.320 e. The van der Waals surface area contributed by atoms with E-state index < -0.39 is 22.5 Å². The number of amides is 2. The Labute approximate surface area is 324 Å². The molecule has 4 atom stereocenters. The number of hydrogen-bond donors (Lipinski definition) is 4. The number of carbonyl (C=O) groups is 1. The number of urea groups is 1. The zero-order valence-electron chi connectivity index (χ0n) is 31.4. The van der Waals surface area contributed by atoms with Crippen LogP contribution in [0, 0.1) is 10.8 Å². The summed E-state index contributed by atoms with van der Waals surface area (Å²) in [4.78, 5) is 16.0. The fraction of sp³-hybridized carbons (Fsp3) is 0.436. The van der Waals surface area contributed by atoms with Crippen LogP contribution in [-0.2, 0) is 15.3 Å². The highest BCUT2D eigenvalue weighted by molar-refractivity contribution is 7.79. The fourth-order valence-corrected chi connectivity index (χ4v) is 7.11. The van der Waals surface area contributed by atoms with Crippen LogP contribution in [0.4, 0.5) is 16.4 Å². The number of aromatic nitrogens is 3. The molecule has 1 saturated heterocycles. The highest BCUT2D eigenvalue weighted by atomic mass is 35.5. The summed E-state index contributed by atoms with van der Waals surface area (Å²) in [6, 6.07) is 16.7. The maximum absolute atomic E-state index is 13.7. The number of anilines is 2. The van der Waals surface area contributed by atoms with E-state index in [9.17, 15) is 9.00 Å². The Morgan fingerprint density at radius 2 is 1.85 bits per heavy atom. The van der Waals surface area contributed by atoms with Gasteiger partial charge >= 0.3 is 6.03 Å². The summed E-state index contributed by atoms with van der Waals surface area (Å²) in [7, 11) is 0. The van der Waals surface area contributed by atoms with Crippen molar-refractivity contribution in [3.63, 3.8) is 0 Å². The van der Waals surface area contributed by atoms with Crippen molar-refractivity contribution in [3.05, 3.63) is 88.8 Å². The Kier molecular flexibility index (Phi) is 12.4. The van der Waals surface area contributed by atoms with Gasteiger partial charge in [0.15, 0.2) is 16.7 Å². The van der Waals surface area contributed by atoms with Crippen LogP contribution in [0.1, 0.15) is 83.1 Å². The van der Waals surface area contributed by atoms with Gasteiger partial charge in [-0.3, -0.25) is 13.9 Å². The molecule has 0 spiro atoms. The summed E-state index contributed by atoms with van der Waals surface area (Å²) in [6.45, 7) is 9.25. The second-order valence-corrected chi connectivity index (χ2v) is 16.1. The molecule has 15 heteroatoms. The highest BCUT2D eigenvalue weighted by Gasteiger charge is 2.30. The predicted molar refractivity (Wildman–Crippen MR) is 213 cm³/mol. The number of hydrogen-bond acceptors (Lipinski definition) is 10. The summed E-state index contributed by atoms with van der Waals surface area (Å²) < 4.78 is 30.7. The Morgan fingerprint density at radius 1 is 1.06 bits per heavy atom. The molecule has 2 aliphatic rings. The van der Waals surface area contributed by atoms with Crippen molar-refractivity contribution in [3.8, 4) is 11.5 Å². The quantitative estimate of drug-likeness (QED) is 0.0789. The number of fused-ring (bicyclic) bond motifs is 2. The molecule has 2 amide bonds. The van der Waals surface area contributed by atoms with E-state index in [4.69, 9.17) is 30.7 Å². The van der Waals surface area contributed by atoms with Crippen LogP contribution in [0.25, 0.3) is 5.65 Å². The Bertz CT molecular complexity index is 2030. The van der Waals surface area contributed by atoms with Crippen molar-refractivity contribution in [2.24, 2.45) is 5.41 Å². The molecule has 6 rings (SSSR count). The van der Waals surface area contributed by atoms with E-state index in [-0.39, 0.29) is 25.4 Å². The molecule has 13 nitrogen and oxygen atoms in total. The maximum Gasteiger partial charge on any atom is 0.320 e. The first-order chi connectivity index (χ1) is 25.9. The first-order valence-corrected chi connectivity index (χ1v) is 20.1. The van der Waals surface area contributed by atoms with Crippen LogP contribution >= 0.6 is 11.6 Å². The van der Waals surface area contributed by atoms with Crippen molar-refractivity contribution >= 4 is 51.7 Å². The lowest BCUT2D eigenvalue weighted by atomic mass is 9.85. The average molecular weight is 777 g/mol. The lowest BCUT2D eigenvalue weighted by Gasteiger charge is -2.33. The van der Waals surface area contributed by atoms with Crippen LogP contribution in [-0.4, -0.2) is 62.6 Å². The number of allylic oxidation sites excluding steroid dienone is 1. The fourth-order valence-electron chi connectivity index (χ4n) is 6.64. The van der Waals surface area contributed by atoms with Gasteiger partial charge in [-0.25, -0.2) is 9.00 Å². The van der Waals surface area contributed by atoms with Gasteiger partial charge in [0.25, 0.3) is 0 Å². The van der Waals surface area contributed by atoms with Crippen molar-refractivity contribution in [2.45, 2.75) is 78.0 Å². The second-order valence-electron chi connectivity index (χ2n) is 14.7. The van der Waals surface area contributed by atoms with E-state index in [2.05, 4.69) is 44.0 Å². The van der Waals surface area contributed by atoms with Crippen LogP contribution < -0.4 is 30.3 Å². The van der Waals surface area contributed by atoms with E-state index >= 15 is 0 Å². The molecule has 2 aromatic carbocycles. The zero-order chi connectivity index (χ0) is 38.4. The van der Waals surface area contributed by atoms with Gasteiger partial charge in [-0.2, -0.15) is 0 Å². The number of nitrogens with one attached hydrogen (secondary N) is 4. The van der Waals surface area contributed by atoms with Gasteiger partial charge in [-0.05, 0) is 74.4 Å². The molecule has 2 unspecified atom stereocenters. The highest BCUT2D eigenvalue weighted by Crippen LogP contribution is 2.39. The lowest BCUT2D eigenvalue weighted by Crippen LogP contribution is -2.41. The molecule has 1 aliphatic heterocycles. The van der Waals surface area contributed by atoms with Gasteiger partial charge in [-0.1, -0.05) is 56.6 Å². The van der Waals surface area contributed by atoms with E-state index in [1.54, 1.807) is 24.3 Å². The molecular weight excluding hydrogens is 728 g/mol. The van der Waals surface area contributed by atoms with Crippen molar-refractivity contribution in [1.82, 2.24) is 25.2 Å². The molecule has 0 saturated carbocycles. The van der Waals surface area contributed by atoms with Gasteiger partial charge in [0.2, 0.25) is 5.95 Å². The largest absolute Gasteiger partial charge is 0.489 e. The number of benzene rings is 2. The first-order valence-electron chi connectivity index (χ1n) is 18.3. The number of ether oxygens (including phenoxy) is 2. The van der Waals surface area contributed by atoms with E-state index in [0.29, 0.717) is 46.9 Å². The minimum absolute atomic E-state index is 0.127. The minimum Gasteiger partial charge on any atom is -0.489 e. The Morgan fingerprint density at radius 3 is 2.61 bits per heavy atom. The Hall–Kier alpha value is -4.66. The van der Waals surface area contributed by atoms with Gasteiger partial charge in [0, 0.05) is 47.8 Å². The van der Waals surface area contributed by atoms with Crippen molar-refractivity contribution in [2.75, 3.05) is 36.2 Å². The molecule has 3 heterocycles. The summed E-state index contributed by atoms with van der Waals surface area (Å²) in [5.74, 6) is 2.25. The van der Waals surface area contributed by atoms with Gasteiger partial charge in [0.05, 0.1) is 23.9 Å². The third-order valence-electron chi connectivity index (χ3n) is 9.58. The summed E-state index contributed by atoms with van der Waals surface area (Å²) in [6.07, 6.45) is 9.62. The number of nitrogens with zero attached hydrogens (tertiary/aromatic N) is 4. The van der Waals surface area contributed by atoms with Crippen LogP contribution in [0.3, 0.4) is 0 Å². The SMILES string of the molecule is C[C@H]1CCCCN1c1nnc2ccc(O[C@@H]3CCC(NC(=O)N/C(=C/C(=N)C(C)(C)C)Nc4ccc(Cl)c(OCCOS(C)=O)c4)c4ccccc43)cn12. The first kappa shape index (κ1) is 39.0. The molecule has 1 aliphatic carbocycles. The predicted octanol–water partition coefficient (Wildman–Crippen LogP) is 7.72. The number of carbonyl (C=O) groups excluding carboxylic acids is 1. The Balaban J connectivity index is 1.15. The monoisotopic (exact) mass is 776 g/mol. The normalized spacial score (nSPS) is 19.5. The van der Waals surface area contributed by atoms with Crippen LogP contribution in [0.5, 0.6) is 11.5 Å². The molecule has 1 fully saturated rings. The summed E-state index contributed by atoms with van der Waals surface area (Å²) >= 11 is 4.96. The molecule has 2 aromatic heterocycles. The molecule has 0 radical (unpaired) electrons. The van der Waals surface area contributed by atoms with Gasteiger partial charge in [-0.15, -0.1) is 10.2 Å². The van der Waals surface area contributed by atoms with Crippen LogP contribution in [0.15, 0.2) is 72.7 Å². The third-order valence-corrected chi connectivity index (χ3v) is 10.4. The lowest BCUT2D eigenvalue weighted by molar-refractivity contribution is 0.171. The molecule has 288 valence electrons. The zero-order valence-corrected chi connectivity index (χ0v) is 32.9. The number of pyridine rings is 1. The molecule has 4 aromatic rings. The molecule has 54 heavy (non-hydrogen) atoms. The van der Waals surface area contributed by atoms with E-state index in [1.165, 1.54) is 12.7 Å². The molecule has 4 N–H and O–H groups in total. The van der Waals surface area contributed by atoms with Crippen molar-refractivity contribution < 1.29 is 22.7 Å². The molecular formula is C39H49ClN8O5S. The van der Waals surface area contributed by atoms with Gasteiger partial charge in [0.1, 0.15) is 30.0 Å². The second kappa shape index (κ2) is 17.2. The number of halogens is 1. The average Bonchev–Trinajstić information content (AvgIpc) is 3.55. The number of piperidine rings is 1. The van der Waals surface area contributed by atoms with Gasteiger partial charge < -0.3 is 30.4 Å². The van der Waals surface area contributed by atoms with E-state index in [1.807, 2.05) is 61.7 Å². The summed E-state index contributed by atoms with van der Waals surface area (Å²) in [5, 5.41) is 27.3. The number of rotatable bonds is 13. The van der Waals surface area contributed by atoms with E-state index in [0.717, 1.165) is 47.9 Å².